The van der Waals surface area contributed by atoms with Crippen LogP contribution in [-0.4, -0.2) is 29.7 Å². The van der Waals surface area contributed by atoms with Crippen LogP contribution in [0.4, 0.5) is 86.9 Å². The Hall–Kier alpha value is -3.80. The first-order valence-corrected chi connectivity index (χ1v) is 14.7. The van der Waals surface area contributed by atoms with E-state index in [0.717, 1.165) is 6.07 Å². The number of hydrogen-bond donors (Lipinski definition) is 1. The first-order valence-electron chi connectivity index (χ1n) is 13.2. The summed E-state index contributed by atoms with van der Waals surface area (Å²) in [6.07, 6.45) is -16.4. The zero-order chi connectivity index (χ0) is 44.2. The van der Waals surface area contributed by atoms with Gasteiger partial charge in [0.2, 0.25) is 0 Å². The second-order valence-corrected chi connectivity index (χ2v) is 11.3. The number of nitro benzene ring substituents is 4. The Morgan fingerprint density at radius 1 is 0.627 bits per heavy atom. The van der Waals surface area contributed by atoms with Crippen LogP contribution in [0.3, 0.4) is 0 Å². The van der Waals surface area contributed by atoms with Crippen molar-refractivity contribution < 1.29 is 125 Å². The number of alkyl halides is 12. The van der Waals surface area contributed by atoms with Gasteiger partial charge < -0.3 is 10.3 Å². The van der Waals surface area contributed by atoms with Crippen LogP contribution in [0.1, 0.15) is 22.3 Å². The first kappa shape index (κ1) is 55.2. The van der Waals surface area contributed by atoms with Crippen LogP contribution in [0.5, 0.6) is 0 Å². The maximum atomic E-state index is 13.0. The van der Waals surface area contributed by atoms with Crippen molar-refractivity contribution in [3.05, 3.63) is 132 Å². The van der Waals surface area contributed by atoms with E-state index in [1.54, 1.807) is 6.07 Å². The number of nitro groups is 4. The van der Waals surface area contributed by atoms with Crippen LogP contribution < -0.4 is 5.32 Å². The normalized spacial score (nSPS) is 11.3. The van der Waals surface area contributed by atoms with Crippen molar-refractivity contribution in [1.29, 1.82) is 0 Å². The van der Waals surface area contributed by atoms with Crippen molar-refractivity contribution in [3.63, 3.8) is 0 Å². The van der Waals surface area contributed by atoms with E-state index in [1.165, 1.54) is 0 Å². The monoisotopic (exact) mass is 1330 g/mol. The summed E-state index contributed by atoms with van der Waals surface area (Å²) in [6.45, 7) is 0. The minimum absolute atomic E-state index is 0. The Morgan fingerprint density at radius 3 is 1.49 bits per heavy atom. The molecule has 0 aliphatic carbocycles. The zero-order valence-electron chi connectivity index (χ0n) is 26.9. The molecule has 0 fully saturated rings. The molecule has 0 bridgehead atoms. The molecular formula is C26H7Cl4F12N7O8UW-2. The van der Waals surface area contributed by atoms with Crippen LogP contribution in [0.2, 0.25) is 20.1 Å². The number of hydrogen-bond acceptors (Lipinski definition) is 11. The number of anilines is 2. The second-order valence-electron chi connectivity index (χ2n) is 9.73. The number of non-ortho nitro benzene ring substituents is 1. The largest absolute Gasteiger partial charge is 0.418 e. The number of aromatic nitrogens is 2. The summed E-state index contributed by atoms with van der Waals surface area (Å²) in [4.78, 5) is 44.3. The summed E-state index contributed by atoms with van der Waals surface area (Å²) in [5.41, 5.74) is -12.2. The molecule has 33 heteroatoms. The molecule has 0 unspecified atom stereocenters. The summed E-state index contributed by atoms with van der Waals surface area (Å²) in [5.74, 6) is -0.721. The van der Waals surface area contributed by atoms with Crippen molar-refractivity contribution in [2.75, 3.05) is 5.32 Å². The minimum Gasteiger partial charge on any atom is -0.392 e. The van der Waals surface area contributed by atoms with Crippen LogP contribution in [0.15, 0.2) is 36.7 Å². The summed E-state index contributed by atoms with van der Waals surface area (Å²) < 4.78 is 150. The molecule has 0 radical (unpaired) electrons. The molecular weight excluding hydrogens is 1330 g/mol. The van der Waals surface area contributed by atoms with Gasteiger partial charge in [-0.1, -0.05) is 46.7 Å². The Labute approximate surface area is 374 Å². The quantitative estimate of drug-likeness (QED) is 0.0830. The number of rotatable bonds is 6. The molecule has 0 atom stereocenters. The first-order chi connectivity index (χ1) is 25.8. The summed E-state index contributed by atoms with van der Waals surface area (Å²) in [5, 5.41) is 41.4. The Morgan fingerprint density at radius 2 is 1.12 bits per heavy atom. The Bertz CT molecular complexity index is 2240. The van der Waals surface area contributed by atoms with E-state index in [-0.39, 0.29) is 75.5 Å². The van der Waals surface area contributed by atoms with Gasteiger partial charge in [0, 0.05) is 79.3 Å². The Kier molecular flexibility index (Phi) is 19.8. The van der Waals surface area contributed by atoms with Gasteiger partial charge in [-0.2, -0.15) is 64.3 Å². The van der Waals surface area contributed by atoms with Crippen LogP contribution in [0, 0.1) is 83.8 Å². The maximum absolute atomic E-state index is 13.0. The predicted octanol–water partition coefficient (Wildman–Crippen LogP) is 11.5. The van der Waals surface area contributed by atoms with Crippen LogP contribution >= 0.6 is 46.4 Å². The van der Waals surface area contributed by atoms with E-state index < -0.39 is 116 Å². The van der Waals surface area contributed by atoms with Crippen molar-refractivity contribution in [1.82, 2.24) is 9.97 Å². The van der Waals surface area contributed by atoms with Gasteiger partial charge in [-0.05, 0) is 23.3 Å². The van der Waals surface area contributed by atoms with Crippen LogP contribution in [-0.2, 0) is 45.8 Å². The average molecular weight is 1340 g/mol. The molecule has 0 saturated heterocycles. The topological polar surface area (TPSA) is 210 Å². The van der Waals surface area contributed by atoms with Gasteiger partial charge in [-0.15, -0.1) is 17.7 Å². The smallest absolute Gasteiger partial charge is 0.392 e. The van der Waals surface area contributed by atoms with E-state index >= 15 is 0 Å². The molecule has 0 spiro atoms. The molecule has 0 aliphatic rings. The molecule has 1 N–H and O–H groups in total. The SMILES string of the molecule is FC(F)(F)c1cn[c-]c(Cl)c1.O=[N+]([O-])c1[c-]c([N+](=O)[O-])c(Cl)c(C(F)(F)F)c1.O=[N+]([O-])c1cc(C(F)(F)F)c(Cl)c([N+](=O)[O-])c1Nc1ncc(C(F)(F)F)cc1Cl.[U].[W]. The zero-order valence-corrected chi connectivity index (χ0v) is 37.0. The Balaban J connectivity index is 0.000000948. The fourth-order valence-electron chi connectivity index (χ4n) is 3.57. The molecule has 0 amide bonds. The third kappa shape index (κ3) is 15.0. The van der Waals surface area contributed by atoms with Gasteiger partial charge >= 0.3 is 36.1 Å². The summed E-state index contributed by atoms with van der Waals surface area (Å²) in [7, 11) is 0. The van der Waals surface area contributed by atoms with Gasteiger partial charge in [0.25, 0.3) is 0 Å². The van der Waals surface area contributed by atoms with Gasteiger partial charge in [0.15, 0.2) is 17.1 Å². The van der Waals surface area contributed by atoms with Crippen molar-refractivity contribution >= 4 is 80.7 Å². The molecule has 0 saturated carbocycles. The number of nitrogens with zero attached hydrogens (tertiary/aromatic N) is 6. The fourth-order valence-corrected chi connectivity index (χ4v) is 4.56. The third-order valence-electron chi connectivity index (χ3n) is 5.96. The number of pyridine rings is 2. The molecule has 4 rings (SSSR count). The van der Waals surface area contributed by atoms with Crippen molar-refractivity contribution in [2.45, 2.75) is 24.7 Å². The fraction of sp³-hybridized carbons (Fsp3) is 0.154. The van der Waals surface area contributed by atoms with Gasteiger partial charge in [0.05, 0.1) is 26.0 Å². The molecule has 0 aliphatic heterocycles. The summed E-state index contributed by atoms with van der Waals surface area (Å²) >= 11 is 21.4. The van der Waals surface area contributed by atoms with Crippen molar-refractivity contribution in [3.8, 4) is 0 Å². The second kappa shape index (κ2) is 21.1. The van der Waals surface area contributed by atoms with E-state index in [2.05, 4.69) is 16.2 Å². The standard InChI is InChI=1S/C13H4Cl2F6N4O4.C7HClF3N2O4.C6H2ClF3N.U.W/c14-6-1-4(12(16,17)18)3-22-11(6)23-9-7(24(26)27)2-5(13(19,20)21)8(15)10(9)25(28)29;8-6-4(7(9,10)11)1-3(12(14)15)2-5(6)13(16)17;7-5-1-4(2-11-3-5)6(8,9)10;;/h1-3H,(H,22,23);1H;1-2H;;/q;2*-1;;. The number of benzene rings is 2. The predicted molar refractivity (Wildman–Crippen MR) is 169 cm³/mol. The maximum Gasteiger partial charge on any atom is 0.418 e. The van der Waals surface area contributed by atoms with Gasteiger partial charge in [0.1, 0.15) is 10.8 Å². The molecule has 2 aromatic heterocycles. The van der Waals surface area contributed by atoms with E-state index in [0.29, 0.717) is 12.3 Å². The summed E-state index contributed by atoms with van der Waals surface area (Å²) in [6, 6.07) is 2.76. The van der Waals surface area contributed by atoms with Crippen LogP contribution in [0.25, 0.3) is 0 Å². The molecule has 59 heavy (non-hydrogen) atoms. The van der Waals surface area contributed by atoms with Gasteiger partial charge in [-0.25, -0.2) is 4.98 Å². The van der Waals surface area contributed by atoms with Crippen molar-refractivity contribution in [2.24, 2.45) is 0 Å². The van der Waals surface area contributed by atoms with E-state index in [9.17, 15) is 93.1 Å². The number of halogens is 16. The van der Waals surface area contributed by atoms with Gasteiger partial charge in [-0.3, -0.25) is 40.5 Å². The molecule has 2 heterocycles. The average Bonchev–Trinajstić information content (AvgIpc) is 3.04. The van der Waals surface area contributed by atoms with E-state index in [4.69, 9.17) is 46.4 Å². The molecule has 15 nitrogen and oxygen atoms in total. The molecule has 4 aromatic rings. The third-order valence-corrected chi connectivity index (χ3v) is 7.20. The molecule has 2 aromatic carbocycles. The minimum atomic E-state index is -5.27. The number of nitrogens with one attached hydrogen (secondary N) is 1. The molecule has 318 valence electrons. The van der Waals surface area contributed by atoms with E-state index in [1.807, 2.05) is 5.32 Å².